The normalized spacial score (nSPS) is 22.9. The van der Waals surface area contributed by atoms with E-state index >= 15 is 0 Å². The maximum Gasteiger partial charge on any atom is 0.240 e. The van der Waals surface area contributed by atoms with Crippen LogP contribution in [0.25, 0.3) is 0 Å². The van der Waals surface area contributed by atoms with Crippen LogP contribution in [0.2, 0.25) is 0 Å². The minimum Gasteiger partial charge on any atom is -0.355 e. The van der Waals surface area contributed by atoms with Crippen molar-refractivity contribution in [1.29, 1.82) is 5.26 Å². The summed E-state index contributed by atoms with van der Waals surface area (Å²) in [6, 6.07) is 2.25. The van der Waals surface area contributed by atoms with Gasteiger partial charge in [-0.05, 0) is 51.7 Å². The summed E-state index contributed by atoms with van der Waals surface area (Å²) in [5.41, 5.74) is -0.717. The summed E-state index contributed by atoms with van der Waals surface area (Å²) in [5.74, 6) is -0.0360. The van der Waals surface area contributed by atoms with Crippen molar-refractivity contribution < 1.29 is 4.79 Å². The van der Waals surface area contributed by atoms with Crippen molar-refractivity contribution in [2.45, 2.75) is 51.4 Å². The molecule has 2 fully saturated rings. The van der Waals surface area contributed by atoms with Crippen molar-refractivity contribution in [2.24, 2.45) is 5.41 Å². The Bertz CT molecular complexity index is 336. The summed E-state index contributed by atoms with van der Waals surface area (Å²) in [6.07, 6.45) is 8.46. The number of likely N-dealkylation sites (tertiary alicyclic amines) is 1. The number of nitrogens with one attached hydrogen (secondary N) is 1. The van der Waals surface area contributed by atoms with Crippen LogP contribution in [0.1, 0.15) is 51.4 Å². The molecule has 1 N–H and O–H groups in total. The Morgan fingerprint density at radius 3 is 2.47 bits per heavy atom. The monoisotopic (exact) mass is 263 g/mol. The van der Waals surface area contributed by atoms with Crippen LogP contribution in [0.15, 0.2) is 0 Å². The molecule has 4 heteroatoms. The lowest BCUT2D eigenvalue weighted by Gasteiger charge is -2.26. The lowest BCUT2D eigenvalue weighted by molar-refractivity contribution is -0.127. The first-order valence-corrected chi connectivity index (χ1v) is 7.69. The van der Waals surface area contributed by atoms with E-state index in [1.807, 2.05) is 0 Å². The van der Waals surface area contributed by atoms with Crippen LogP contribution in [-0.2, 0) is 4.79 Å². The van der Waals surface area contributed by atoms with Gasteiger partial charge in [0.25, 0.3) is 0 Å². The number of carbonyl (C=O) groups excluding carboxylic acids is 1. The van der Waals surface area contributed by atoms with Crippen molar-refractivity contribution in [3.8, 4) is 6.07 Å². The minimum absolute atomic E-state index is 0.0360. The number of rotatable bonds is 5. The van der Waals surface area contributed by atoms with Gasteiger partial charge in [-0.3, -0.25) is 4.79 Å². The van der Waals surface area contributed by atoms with Crippen LogP contribution >= 0.6 is 0 Å². The molecule has 1 saturated carbocycles. The standard InChI is InChI=1S/C15H25N3O/c16-13-15(7-2-3-8-15)14(19)17-9-6-12-18-10-4-1-5-11-18/h1-12H2,(H,17,19). The third-order valence-corrected chi connectivity index (χ3v) is 4.49. The van der Waals surface area contributed by atoms with Gasteiger partial charge in [-0.25, -0.2) is 0 Å². The minimum atomic E-state index is -0.717. The van der Waals surface area contributed by atoms with E-state index in [9.17, 15) is 10.1 Å². The first-order chi connectivity index (χ1) is 9.27. The van der Waals surface area contributed by atoms with E-state index in [4.69, 9.17) is 0 Å². The molecule has 1 heterocycles. The summed E-state index contributed by atoms with van der Waals surface area (Å²) >= 11 is 0. The third kappa shape index (κ3) is 3.70. The number of amides is 1. The predicted octanol–water partition coefficient (Wildman–Crippen LogP) is 2.06. The molecule has 0 aromatic rings. The molecule has 2 aliphatic rings. The molecule has 0 aromatic heterocycles. The van der Waals surface area contributed by atoms with Crippen molar-refractivity contribution in [1.82, 2.24) is 10.2 Å². The molecule has 1 amide bonds. The van der Waals surface area contributed by atoms with Crippen molar-refractivity contribution in [3.05, 3.63) is 0 Å². The van der Waals surface area contributed by atoms with Crippen LogP contribution in [0.3, 0.4) is 0 Å². The summed E-state index contributed by atoms with van der Waals surface area (Å²) < 4.78 is 0. The van der Waals surface area contributed by atoms with Crippen molar-refractivity contribution >= 4 is 5.91 Å². The Morgan fingerprint density at radius 2 is 1.84 bits per heavy atom. The van der Waals surface area contributed by atoms with Gasteiger partial charge >= 0.3 is 0 Å². The molecule has 0 spiro atoms. The Morgan fingerprint density at radius 1 is 1.16 bits per heavy atom. The van der Waals surface area contributed by atoms with Gasteiger partial charge in [0.15, 0.2) is 0 Å². The zero-order valence-electron chi connectivity index (χ0n) is 11.8. The zero-order chi connectivity index (χ0) is 13.6. The number of piperidine rings is 1. The van der Waals surface area contributed by atoms with Crippen LogP contribution in [0.5, 0.6) is 0 Å². The Hall–Kier alpha value is -1.08. The van der Waals surface area contributed by atoms with Crippen molar-refractivity contribution in [3.63, 3.8) is 0 Å². The van der Waals surface area contributed by atoms with E-state index in [1.165, 1.54) is 32.4 Å². The van der Waals surface area contributed by atoms with Gasteiger partial charge in [-0.1, -0.05) is 19.3 Å². The molecule has 1 saturated heterocycles. The van der Waals surface area contributed by atoms with E-state index in [2.05, 4.69) is 16.3 Å². The molecule has 0 unspecified atom stereocenters. The van der Waals surface area contributed by atoms with Crippen LogP contribution in [0, 0.1) is 16.7 Å². The quantitative estimate of drug-likeness (QED) is 0.772. The molecular formula is C15H25N3O. The Kier molecular flexibility index (Phi) is 5.21. The van der Waals surface area contributed by atoms with E-state index < -0.39 is 5.41 Å². The first kappa shape index (κ1) is 14.3. The van der Waals surface area contributed by atoms with E-state index in [0.29, 0.717) is 6.54 Å². The molecule has 0 atom stereocenters. The Balaban J connectivity index is 1.65. The fourth-order valence-electron chi connectivity index (χ4n) is 3.22. The van der Waals surface area contributed by atoms with Gasteiger partial charge in [-0.2, -0.15) is 5.26 Å². The highest BCUT2D eigenvalue weighted by Crippen LogP contribution is 2.37. The van der Waals surface area contributed by atoms with Gasteiger partial charge in [-0.15, -0.1) is 0 Å². The molecule has 0 aromatic carbocycles. The number of hydrogen-bond acceptors (Lipinski definition) is 3. The van der Waals surface area contributed by atoms with Gasteiger partial charge in [0.1, 0.15) is 5.41 Å². The second-order valence-corrected chi connectivity index (χ2v) is 5.91. The largest absolute Gasteiger partial charge is 0.355 e. The predicted molar refractivity (Wildman–Crippen MR) is 74.4 cm³/mol. The third-order valence-electron chi connectivity index (χ3n) is 4.49. The second-order valence-electron chi connectivity index (χ2n) is 5.91. The van der Waals surface area contributed by atoms with Gasteiger partial charge < -0.3 is 10.2 Å². The smallest absolute Gasteiger partial charge is 0.240 e. The SMILES string of the molecule is N#CC1(C(=O)NCCCN2CCCCC2)CCCC1. The number of carbonyl (C=O) groups is 1. The molecular weight excluding hydrogens is 238 g/mol. The highest BCUT2D eigenvalue weighted by Gasteiger charge is 2.41. The number of nitriles is 1. The average molecular weight is 263 g/mol. The molecule has 106 valence electrons. The average Bonchev–Trinajstić information content (AvgIpc) is 2.94. The molecule has 1 aliphatic carbocycles. The maximum absolute atomic E-state index is 12.1. The maximum atomic E-state index is 12.1. The first-order valence-electron chi connectivity index (χ1n) is 7.69. The lowest BCUT2D eigenvalue weighted by atomic mass is 9.87. The fourth-order valence-corrected chi connectivity index (χ4v) is 3.22. The van der Waals surface area contributed by atoms with E-state index in [0.717, 1.165) is 38.6 Å². The van der Waals surface area contributed by atoms with Gasteiger partial charge in [0, 0.05) is 6.54 Å². The van der Waals surface area contributed by atoms with Crippen molar-refractivity contribution in [2.75, 3.05) is 26.2 Å². The summed E-state index contributed by atoms with van der Waals surface area (Å²) in [5, 5.41) is 12.2. The second kappa shape index (κ2) is 6.91. The van der Waals surface area contributed by atoms with Gasteiger partial charge in [0.05, 0.1) is 6.07 Å². The number of nitrogens with zero attached hydrogens (tertiary/aromatic N) is 2. The molecule has 4 nitrogen and oxygen atoms in total. The highest BCUT2D eigenvalue weighted by atomic mass is 16.2. The molecule has 1 aliphatic heterocycles. The van der Waals surface area contributed by atoms with Gasteiger partial charge in [0.2, 0.25) is 5.91 Å². The molecule has 19 heavy (non-hydrogen) atoms. The topological polar surface area (TPSA) is 56.1 Å². The number of hydrogen-bond donors (Lipinski definition) is 1. The molecule has 0 radical (unpaired) electrons. The fraction of sp³-hybridized carbons (Fsp3) is 0.867. The summed E-state index contributed by atoms with van der Waals surface area (Å²) in [7, 11) is 0. The van der Waals surface area contributed by atoms with E-state index in [1.54, 1.807) is 0 Å². The van der Waals surface area contributed by atoms with Crippen LogP contribution in [-0.4, -0.2) is 37.0 Å². The zero-order valence-corrected chi connectivity index (χ0v) is 11.8. The summed E-state index contributed by atoms with van der Waals surface area (Å²) in [6.45, 7) is 4.19. The molecule has 0 bridgehead atoms. The summed E-state index contributed by atoms with van der Waals surface area (Å²) in [4.78, 5) is 14.6. The van der Waals surface area contributed by atoms with E-state index in [-0.39, 0.29) is 5.91 Å². The lowest BCUT2D eigenvalue weighted by Crippen LogP contribution is -2.40. The van der Waals surface area contributed by atoms with Crippen LogP contribution in [0.4, 0.5) is 0 Å². The van der Waals surface area contributed by atoms with Crippen LogP contribution < -0.4 is 5.32 Å². The highest BCUT2D eigenvalue weighted by molar-refractivity contribution is 5.85. The molecule has 2 rings (SSSR count). The Labute approximate surface area is 116 Å².